The zero-order valence-electron chi connectivity index (χ0n) is 10.3. The van der Waals surface area contributed by atoms with Gasteiger partial charge in [0.15, 0.2) is 0 Å². The molecule has 1 amide bonds. The molecule has 0 fully saturated rings. The summed E-state index contributed by atoms with van der Waals surface area (Å²) in [5, 5.41) is 11.1. The van der Waals surface area contributed by atoms with Gasteiger partial charge in [-0.15, -0.1) is 0 Å². The molecule has 4 N–H and O–H groups in total. The van der Waals surface area contributed by atoms with Crippen LogP contribution in [-0.4, -0.2) is 27.0 Å². The third kappa shape index (κ3) is 3.03. The number of aromatic nitrogens is 2. The van der Waals surface area contributed by atoms with E-state index in [-0.39, 0.29) is 5.69 Å². The molecule has 1 aromatic heterocycles. The zero-order chi connectivity index (χ0) is 15.6. The SMILES string of the molecule is O=C(O)c1cc(F)ccc1NC(=O)c1c[nH]c(=O)[nH]c1=O. The average molecular weight is 293 g/mol. The van der Waals surface area contributed by atoms with E-state index >= 15 is 0 Å². The van der Waals surface area contributed by atoms with Crippen molar-refractivity contribution >= 4 is 17.6 Å². The second kappa shape index (κ2) is 5.41. The van der Waals surface area contributed by atoms with E-state index in [4.69, 9.17) is 5.11 Å². The molecule has 0 spiro atoms. The van der Waals surface area contributed by atoms with Crippen LogP contribution in [0.2, 0.25) is 0 Å². The van der Waals surface area contributed by atoms with Crippen molar-refractivity contribution in [2.75, 3.05) is 5.32 Å². The van der Waals surface area contributed by atoms with Gasteiger partial charge in [-0.1, -0.05) is 0 Å². The third-order valence-corrected chi connectivity index (χ3v) is 2.52. The zero-order valence-corrected chi connectivity index (χ0v) is 10.3. The smallest absolute Gasteiger partial charge is 0.337 e. The van der Waals surface area contributed by atoms with Crippen LogP contribution in [0.25, 0.3) is 0 Å². The number of nitrogens with one attached hydrogen (secondary N) is 3. The molecule has 2 aromatic rings. The molecule has 108 valence electrons. The number of rotatable bonds is 3. The predicted molar refractivity (Wildman–Crippen MR) is 69.0 cm³/mol. The molecule has 0 aliphatic rings. The lowest BCUT2D eigenvalue weighted by Gasteiger charge is -2.07. The molecule has 0 aliphatic heterocycles. The summed E-state index contributed by atoms with van der Waals surface area (Å²) >= 11 is 0. The van der Waals surface area contributed by atoms with Crippen molar-refractivity contribution in [2.24, 2.45) is 0 Å². The maximum atomic E-state index is 13.0. The summed E-state index contributed by atoms with van der Waals surface area (Å²) in [6.07, 6.45) is 0.889. The van der Waals surface area contributed by atoms with Gasteiger partial charge < -0.3 is 15.4 Å². The lowest BCUT2D eigenvalue weighted by molar-refractivity contribution is 0.0697. The van der Waals surface area contributed by atoms with Gasteiger partial charge in [0.25, 0.3) is 11.5 Å². The highest BCUT2D eigenvalue weighted by Crippen LogP contribution is 2.17. The third-order valence-electron chi connectivity index (χ3n) is 2.52. The highest BCUT2D eigenvalue weighted by Gasteiger charge is 2.16. The Hall–Kier alpha value is -3.23. The number of benzene rings is 1. The van der Waals surface area contributed by atoms with Crippen LogP contribution in [0, 0.1) is 5.82 Å². The van der Waals surface area contributed by atoms with E-state index in [0.29, 0.717) is 0 Å². The number of carbonyl (C=O) groups excluding carboxylic acids is 1. The Morgan fingerprint density at radius 3 is 2.52 bits per heavy atom. The van der Waals surface area contributed by atoms with Gasteiger partial charge in [0.2, 0.25) is 0 Å². The van der Waals surface area contributed by atoms with Crippen molar-refractivity contribution in [3.63, 3.8) is 0 Å². The molecule has 0 saturated carbocycles. The molecule has 0 unspecified atom stereocenters. The van der Waals surface area contributed by atoms with Gasteiger partial charge in [-0.2, -0.15) is 0 Å². The number of H-pyrrole nitrogens is 2. The lowest BCUT2D eigenvalue weighted by atomic mass is 10.1. The molecule has 2 rings (SSSR count). The lowest BCUT2D eigenvalue weighted by Crippen LogP contribution is -2.30. The standard InChI is InChI=1S/C12H8FN3O5/c13-5-1-2-8(6(3-5)11(19)20)15-9(17)7-4-14-12(21)16-10(7)18/h1-4H,(H,15,17)(H,19,20)(H2,14,16,18,21). The summed E-state index contributed by atoms with van der Waals surface area (Å²) in [5.41, 5.74) is -2.79. The Balaban J connectivity index is 2.38. The van der Waals surface area contributed by atoms with Gasteiger partial charge in [0.05, 0.1) is 11.3 Å². The number of halogens is 1. The number of aromatic carboxylic acids is 1. The van der Waals surface area contributed by atoms with E-state index < -0.39 is 40.1 Å². The summed E-state index contributed by atoms with van der Waals surface area (Å²) in [6.45, 7) is 0. The van der Waals surface area contributed by atoms with Crippen LogP contribution in [0.1, 0.15) is 20.7 Å². The summed E-state index contributed by atoms with van der Waals surface area (Å²) in [6, 6.07) is 2.74. The van der Waals surface area contributed by atoms with Gasteiger partial charge >= 0.3 is 11.7 Å². The monoisotopic (exact) mass is 293 g/mol. The maximum absolute atomic E-state index is 13.0. The fourth-order valence-electron chi connectivity index (χ4n) is 1.57. The van der Waals surface area contributed by atoms with Crippen molar-refractivity contribution < 1.29 is 19.1 Å². The largest absolute Gasteiger partial charge is 0.478 e. The van der Waals surface area contributed by atoms with E-state index in [1.807, 2.05) is 4.98 Å². The molecule has 1 aromatic carbocycles. The molecule has 8 nitrogen and oxygen atoms in total. The van der Waals surface area contributed by atoms with Crippen LogP contribution in [0.3, 0.4) is 0 Å². The number of hydrogen-bond donors (Lipinski definition) is 4. The van der Waals surface area contributed by atoms with Gasteiger partial charge in [0, 0.05) is 6.20 Å². The molecule has 0 saturated heterocycles. The summed E-state index contributed by atoms with van der Waals surface area (Å²) in [5.74, 6) is -3.17. The molecule has 0 aliphatic carbocycles. The van der Waals surface area contributed by atoms with Crippen LogP contribution < -0.4 is 16.6 Å². The minimum absolute atomic E-state index is 0.181. The Kier molecular flexibility index (Phi) is 3.65. The van der Waals surface area contributed by atoms with Crippen molar-refractivity contribution in [1.29, 1.82) is 0 Å². The second-order valence-electron chi connectivity index (χ2n) is 3.93. The number of carboxylic acids is 1. The highest BCUT2D eigenvalue weighted by atomic mass is 19.1. The number of hydrogen-bond acceptors (Lipinski definition) is 4. The van der Waals surface area contributed by atoms with Gasteiger partial charge in [-0.05, 0) is 18.2 Å². The summed E-state index contributed by atoms with van der Waals surface area (Å²) in [4.78, 5) is 49.1. The Morgan fingerprint density at radius 2 is 1.90 bits per heavy atom. The molecule has 1 heterocycles. The normalized spacial score (nSPS) is 10.1. The first-order valence-electron chi connectivity index (χ1n) is 5.54. The number of aromatic amines is 2. The molecular formula is C12H8FN3O5. The second-order valence-corrected chi connectivity index (χ2v) is 3.93. The van der Waals surface area contributed by atoms with E-state index in [2.05, 4.69) is 10.3 Å². The van der Waals surface area contributed by atoms with E-state index in [0.717, 1.165) is 24.4 Å². The van der Waals surface area contributed by atoms with Crippen molar-refractivity contribution in [2.45, 2.75) is 0 Å². The maximum Gasteiger partial charge on any atom is 0.337 e. The topological polar surface area (TPSA) is 132 Å². The van der Waals surface area contributed by atoms with E-state index in [9.17, 15) is 23.6 Å². The Morgan fingerprint density at radius 1 is 1.19 bits per heavy atom. The average Bonchev–Trinajstić information content (AvgIpc) is 2.40. The number of amides is 1. The van der Waals surface area contributed by atoms with Crippen molar-refractivity contribution in [1.82, 2.24) is 9.97 Å². The Bertz CT molecular complexity index is 839. The molecule has 21 heavy (non-hydrogen) atoms. The molecule has 0 atom stereocenters. The minimum Gasteiger partial charge on any atom is -0.478 e. The minimum atomic E-state index is -1.44. The summed E-state index contributed by atoms with van der Waals surface area (Å²) < 4.78 is 13.0. The predicted octanol–water partition coefficient (Wildman–Crippen LogP) is 0.153. The fraction of sp³-hybridized carbons (Fsp3) is 0. The Labute approximate surface area is 115 Å². The molecular weight excluding hydrogens is 285 g/mol. The quantitative estimate of drug-likeness (QED) is 0.639. The molecule has 9 heteroatoms. The van der Waals surface area contributed by atoms with Crippen molar-refractivity contribution in [3.8, 4) is 0 Å². The fourth-order valence-corrected chi connectivity index (χ4v) is 1.57. The van der Waals surface area contributed by atoms with Crippen LogP contribution >= 0.6 is 0 Å². The van der Waals surface area contributed by atoms with E-state index in [1.54, 1.807) is 0 Å². The van der Waals surface area contributed by atoms with Crippen LogP contribution in [0.4, 0.5) is 10.1 Å². The van der Waals surface area contributed by atoms with Gasteiger partial charge in [-0.25, -0.2) is 14.0 Å². The summed E-state index contributed by atoms with van der Waals surface area (Å²) in [7, 11) is 0. The van der Waals surface area contributed by atoms with Gasteiger partial charge in [-0.3, -0.25) is 14.6 Å². The number of anilines is 1. The van der Waals surface area contributed by atoms with Crippen molar-refractivity contribution in [3.05, 3.63) is 62.2 Å². The van der Waals surface area contributed by atoms with Crippen LogP contribution in [0.15, 0.2) is 34.0 Å². The molecule has 0 bridgehead atoms. The first-order valence-corrected chi connectivity index (χ1v) is 5.54. The van der Waals surface area contributed by atoms with Crippen LogP contribution in [0.5, 0.6) is 0 Å². The molecule has 0 radical (unpaired) electrons. The number of carbonyl (C=O) groups is 2. The first kappa shape index (κ1) is 14.2. The highest BCUT2D eigenvalue weighted by molar-refractivity contribution is 6.07. The van der Waals surface area contributed by atoms with Crippen LogP contribution in [-0.2, 0) is 0 Å². The number of carboxylic acid groups (broad SMARTS) is 1. The van der Waals surface area contributed by atoms with E-state index in [1.165, 1.54) is 0 Å². The van der Waals surface area contributed by atoms with Gasteiger partial charge in [0.1, 0.15) is 11.4 Å². The first-order chi connectivity index (χ1) is 9.88.